The van der Waals surface area contributed by atoms with Gasteiger partial charge in [0.2, 0.25) is 0 Å². The molecule has 0 heterocycles. The molecule has 1 unspecified atom stereocenters. The first-order valence-electron chi connectivity index (χ1n) is 2.45. The average molecular weight is 168 g/mol. The zero-order chi connectivity index (χ0) is 6.69. The molecule has 0 fully saturated rings. The van der Waals surface area contributed by atoms with Gasteiger partial charge in [0.15, 0.2) is 0 Å². The quantitative estimate of drug-likeness (QED) is 0.375. The first-order chi connectivity index (χ1) is 4.30. The van der Waals surface area contributed by atoms with Crippen molar-refractivity contribution in [1.29, 1.82) is 0 Å². The molecule has 0 saturated heterocycles. The van der Waals surface area contributed by atoms with Gasteiger partial charge in [0.25, 0.3) is 0 Å². The maximum atomic E-state index is 10.2. The third kappa shape index (κ3) is 2.94. The van der Waals surface area contributed by atoms with Crippen molar-refractivity contribution < 1.29 is 41.2 Å². The molecule has 0 aliphatic heterocycles. The van der Waals surface area contributed by atoms with Gasteiger partial charge in [0.05, 0.1) is 0 Å². The minimum Gasteiger partial charge on any atom is -0.768 e. The van der Waals surface area contributed by atoms with Gasteiger partial charge in [-0.3, -0.25) is 4.21 Å². The number of hydrogen-bond acceptors (Lipinski definition) is 2. The second kappa shape index (κ2) is 5.04. The normalized spacial score (nSPS) is 11.7. The molecule has 1 atom stereocenters. The summed E-state index contributed by atoms with van der Waals surface area (Å²) in [6, 6.07) is 8.23. The van der Waals surface area contributed by atoms with Gasteiger partial charge in [0.1, 0.15) is 0 Å². The summed E-state index contributed by atoms with van der Waals surface area (Å²) in [5.74, 6) is 0. The van der Waals surface area contributed by atoms with E-state index in [0.29, 0.717) is 4.90 Å². The molecule has 0 radical (unpaired) electrons. The van der Waals surface area contributed by atoms with Crippen LogP contribution in [0.15, 0.2) is 35.2 Å². The van der Waals surface area contributed by atoms with E-state index < -0.39 is 11.1 Å². The fourth-order valence-electron chi connectivity index (χ4n) is 0.532. The summed E-state index contributed by atoms with van der Waals surface area (Å²) in [4.78, 5) is 0.331. The van der Waals surface area contributed by atoms with E-state index in [1.807, 2.05) is 0 Å². The Labute approximate surface area is 87.2 Å². The molecule has 1 aromatic carbocycles. The smallest absolute Gasteiger partial charge is 0.768 e. The number of rotatable bonds is 1. The van der Waals surface area contributed by atoms with E-state index in [-0.39, 0.29) is 32.4 Å². The van der Waals surface area contributed by atoms with Crippen LogP contribution in [0.25, 0.3) is 0 Å². The van der Waals surface area contributed by atoms with Gasteiger partial charge < -0.3 is 4.55 Å². The third-order valence-electron chi connectivity index (χ3n) is 0.936. The third-order valence-corrected chi connectivity index (χ3v) is 1.59. The second-order valence-corrected chi connectivity index (χ2v) is 2.49. The zero-order valence-electron chi connectivity index (χ0n) is 5.61. The van der Waals surface area contributed by atoms with E-state index in [1.54, 1.807) is 30.3 Å². The molecule has 10 heavy (non-hydrogen) atoms. The molecule has 0 bridgehead atoms. The van der Waals surface area contributed by atoms with Crippen molar-refractivity contribution in [3.63, 3.8) is 0 Å². The molecule has 52 valence electrons. The number of benzene rings is 1. The fourth-order valence-corrected chi connectivity index (χ4v) is 0.911. The maximum Gasteiger partial charge on any atom is 1.00 e. The van der Waals surface area contributed by atoms with Crippen molar-refractivity contribution in [1.82, 2.24) is 0 Å². The van der Waals surface area contributed by atoms with Crippen LogP contribution in [0.5, 0.6) is 0 Å². The van der Waals surface area contributed by atoms with E-state index in [0.717, 1.165) is 0 Å². The van der Waals surface area contributed by atoms with Gasteiger partial charge in [-0.25, -0.2) is 0 Å². The van der Waals surface area contributed by atoms with Crippen LogP contribution in [0.1, 0.15) is 2.85 Å². The largest absolute Gasteiger partial charge is 1.00 e. The van der Waals surface area contributed by atoms with Crippen molar-refractivity contribution in [3.8, 4) is 0 Å². The fraction of sp³-hybridized carbons (Fsp3) is 0. The topological polar surface area (TPSA) is 40.1 Å². The summed E-state index contributed by atoms with van der Waals surface area (Å²) in [5, 5.41) is 0. The summed E-state index contributed by atoms with van der Waals surface area (Å²) >= 11 is -2.08. The Morgan fingerprint density at radius 1 is 1.30 bits per heavy atom. The molecule has 2 nitrogen and oxygen atoms in total. The monoisotopic (exact) mass is 168 g/mol. The molecule has 0 spiro atoms. The molecular weight excluding hydrogens is 159 g/mol. The van der Waals surface area contributed by atoms with Crippen LogP contribution in [0.4, 0.5) is 0 Å². The van der Waals surface area contributed by atoms with Crippen molar-refractivity contribution in [3.05, 3.63) is 30.3 Å². The zero-order valence-corrected chi connectivity index (χ0v) is 8.43. The van der Waals surface area contributed by atoms with E-state index in [2.05, 4.69) is 0 Å². The first-order valence-corrected chi connectivity index (χ1v) is 3.52. The number of hydrogen-bond donors (Lipinski definition) is 0. The maximum absolute atomic E-state index is 10.2. The Morgan fingerprint density at radius 3 is 2.10 bits per heavy atom. The van der Waals surface area contributed by atoms with Gasteiger partial charge in [-0.15, -0.1) is 0 Å². The summed E-state index contributed by atoms with van der Waals surface area (Å²) in [6.07, 6.45) is 0. The Hall–Kier alpha value is 0.330. The molecule has 0 saturated carbocycles. The summed E-state index contributed by atoms with van der Waals surface area (Å²) < 4.78 is 20.4. The van der Waals surface area contributed by atoms with Gasteiger partial charge in [0, 0.05) is 7.75 Å². The second-order valence-electron chi connectivity index (χ2n) is 1.55. The summed E-state index contributed by atoms with van der Waals surface area (Å²) in [5.41, 5.74) is 0. The van der Waals surface area contributed by atoms with Crippen molar-refractivity contribution >= 4 is 11.1 Å². The molecular formula is C6H9NaO2S. The average Bonchev–Trinajstić information content (AvgIpc) is 1.90. The minimum absolute atomic E-state index is 0. The molecule has 1 aromatic rings. The van der Waals surface area contributed by atoms with Crippen molar-refractivity contribution in [2.75, 3.05) is 0 Å². The van der Waals surface area contributed by atoms with Gasteiger partial charge in [-0.1, -0.05) is 18.2 Å². The van der Waals surface area contributed by atoms with Crippen LogP contribution >= 0.6 is 0 Å². The Kier molecular flexibility index (Phi) is 5.21. The predicted octanol–water partition coefficient (Wildman–Crippen LogP) is -1.58. The molecule has 0 aliphatic rings. The van der Waals surface area contributed by atoms with Crippen molar-refractivity contribution in [2.45, 2.75) is 4.90 Å². The SMILES string of the molecule is O=S([O-])c1ccccc1.[HH].[HH].[Na+]. The van der Waals surface area contributed by atoms with Crippen LogP contribution in [-0.2, 0) is 11.1 Å². The van der Waals surface area contributed by atoms with E-state index in [1.165, 1.54) is 0 Å². The van der Waals surface area contributed by atoms with Crippen LogP contribution in [0.3, 0.4) is 0 Å². The van der Waals surface area contributed by atoms with Gasteiger partial charge >= 0.3 is 29.6 Å². The van der Waals surface area contributed by atoms with Gasteiger partial charge in [-0.2, -0.15) is 0 Å². The first kappa shape index (κ1) is 10.3. The van der Waals surface area contributed by atoms with Gasteiger partial charge in [-0.05, 0) is 23.2 Å². The molecule has 4 heteroatoms. The molecule has 1 rings (SSSR count). The summed E-state index contributed by atoms with van der Waals surface area (Å²) in [7, 11) is 0. The van der Waals surface area contributed by atoms with E-state index in [9.17, 15) is 8.76 Å². The van der Waals surface area contributed by atoms with Crippen LogP contribution in [0, 0.1) is 0 Å². The van der Waals surface area contributed by atoms with Crippen LogP contribution in [0.2, 0.25) is 0 Å². The molecule has 0 aliphatic carbocycles. The molecule has 0 amide bonds. The molecule has 0 N–H and O–H groups in total. The Balaban J connectivity index is -0.000000270. The van der Waals surface area contributed by atoms with Crippen LogP contribution in [-0.4, -0.2) is 8.76 Å². The Morgan fingerprint density at radius 2 is 1.80 bits per heavy atom. The van der Waals surface area contributed by atoms with E-state index >= 15 is 0 Å². The molecule has 0 aromatic heterocycles. The standard InChI is InChI=1S/C6H6O2S.Na.2H2/c7-9(8)6-4-2-1-3-5-6;;;/h1-5H,(H,7,8);;2*1H/q;+1;;/p-1. The predicted molar refractivity (Wildman–Crippen MR) is 37.9 cm³/mol. The van der Waals surface area contributed by atoms with Crippen molar-refractivity contribution in [2.24, 2.45) is 0 Å². The van der Waals surface area contributed by atoms with Crippen LogP contribution < -0.4 is 29.6 Å². The van der Waals surface area contributed by atoms with E-state index in [4.69, 9.17) is 0 Å². The Bertz CT molecular complexity index is 220. The summed E-state index contributed by atoms with van der Waals surface area (Å²) in [6.45, 7) is 0. The minimum atomic E-state index is -2.08.